The van der Waals surface area contributed by atoms with Gasteiger partial charge in [-0.2, -0.15) is 0 Å². The molecule has 1 unspecified atom stereocenters. The third-order valence-electron chi connectivity index (χ3n) is 4.12. The van der Waals surface area contributed by atoms with Gasteiger partial charge >= 0.3 is 5.97 Å². The van der Waals surface area contributed by atoms with Gasteiger partial charge in [0.2, 0.25) is 0 Å². The molecular formula is C23H20O4S. The maximum Gasteiger partial charge on any atom is 0.340 e. The number of aliphatic hydroxyl groups is 1. The number of aliphatic hydroxyl groups excluding tert-OH is 1. The Kier molecular flexibility index (Phi) is 6.63. The molecule has 0 spiro atoms. The van der Waals surface area contributed by atoms with E-state index in [0.717, 1.165) is 28.5 Å². The number of hydrogen-bond donors (Lipinski definition) is 1. The number of carbonyl (C=O) groups excluding carboxylic acids is 2. The summed E-state index contributed by atoms with van der Waals surface area (Å²) in [5.74, 6) is -0.748. The summed E-state index contributed by atoms with van der Waals surface area (Å²) < 4.78 is 5.24. The molecule has 142 valence electrons. The van der Waals surface area contributed by atoms with Crippen molar-refractivity contribution in [2.75, 3.05) is 0 Å². The van der Waals surface area contributed by atoms with E-state index < -0.39 is 12.1 Å². The Morgan fingerprint density at radius 1 is 0.929 bits per heavy atom. The molecule has 1 N–H and O–H groups in total. The number of rotatable bonds is 6. The number of esters is 1. The molecule has 0 amide bonds. The summed E-state index contributed by atoms with van der Waals surface area (Å²) in [7, 11) is 0. The first-order chi connectivity index (χ1) is 13.5. The first-order valence-corrected chi connectivity index (χ1v) is 9.62. The Bertz CT molecular complexity index is 955. The number of hydrogen-bond acceptors (Lipinski definition) is 5. The fourth-order valence-electron chi connectivity index (χ4n) is 2.75. The minimum atomic E-state index is -1.46. The van der Waals surface area contributed by atoms with E-state index >= 15 is 0 Å². The van der Waals surface area contributed by atoms with Crippen molar-refractivity contribution in [3.63, 3.8) is 0 Å². The molecule has 3 aromatic carbocycles. The molecule has 0 radical (unpaired) electrons. The van der Waals surface area contributed by atoms with Crippen molar-refractivity contribution in [1.82, 2.24) is 0 Å². The van der Waals surface area contributed by atoms with E-state index in [1.165, 1.54) is 6.92 Å². The van der Waals surface area contributed by atoms with Crippen LogP contribution in [0.1, 0.15) is 24.2 Å². The van der Waals surface area contributed by atoms with E-state index in [9.17, 15) is 14.7 Å². The smallest absolute Gasteiger partial charge is 0.340 e. The summed E-state index contributed by atoms with van der Waals surface area (Å²) in [5.41, 5.74) is 3.08. The average molecular weight is 392 g/mol. The number of carbonyl (C=O) groups is 2. The van der Waals surface area contributed by atoms with Crippen molar-refractivity contribution < 1.29 is 19.4 Å². The largest absolute Gasteiger partial charge is 0.459 e. The highest BCUT2D eigenvalue weighted by molar-refractivity contribution is 8.13. The SMILES string of the molecule is CC(=O)Sc1cc(-c2ccccc2)ccc1C(O)C(=O)OCc1ccccc1. The van der Waals surface area contributed by atoms with Crippen LogP contribution in [0.15, 0.2) is 83.8 Å². The Balaban J connectivity index is 1.82. The van der Waals surface area contributed by atoms with Gasteiger partial charge in [-0.1, -0.05) is 84.6 Å². The van der Waals surface area contributed by atoms with Crippen molar-refractivity contribution in [2.24, 2.45) is 0 Å². The molecular weight excluding hydrogens is 372 g/mol. The molecule has 3 rings (SSSR count). The minimum absolute atomic E-state index is 0.0774. The topological polar surface area (TPSA) is 63.6 Å². The molecule has 0 saturated carbocycles. The Morgan fingerprint density at radius 2 is 1.57 bits per heavy atom. The van der Waals surface area contributed by atoms with Gasteiger partial charge in [-0.15, -0.1) is 0 Å². The predicted octanol–water partition coefficient (Wildman–Crippen LogP) is 4.77. The average Bonchev–Trinajstić information content (AvgIpc) is 2.72. The highest BCUT2D eigenvalue weighted by Gasteiger charge is 2.23. The number of thioether (sulfide) groups is 1. The van der Waals surface area contributed by atoms with Crippen LogP contribution in [0.3, 0.4) is 0 Å². The normalized spacial score (nSPS) is 11.6. The molecule has 0 aliphatic rings. The van der Waals surface area contributed by atoms with Gasteiger partial charge in [0.25, 0.3) is 0 Å². The fourth-order valence-corrected chi connectivity index (χ4v) is 3.54. The van der Waals surface area contributed by atoms with Gasteiger partial charge in [0.1, 0.15) is 6.61 Å². The number of ether oxygens (including phenoxy) is 1. The van der Waals surface area contributed by atoms with Crippen LogP contribution in [0.2, 0.25) is 0 Å². The van der Waals surface area contributed by atoms with E-state index in [1.54, 1.807) is 6.07 Å². The first kappa shape index (κ1) is 19.9. The van der Waals surface area contributed by atoms with Crippen LogP contribution in [0, 0.1) is 0 Å². The zero-order valence-corrected chi connectivity index (χ0v) is 16.2. The van der Waals surface area contributed by atoms with Crippen molar-refractivity contribution in [2.45, 2.75) is 24.5 Å². The van der Waals surface area contributed by atoms with E-state index in [-0.39, 0.29) is 11.7 Å². The Labute approximate surface area is 168 Å². The maximum absolute atomic E-state index is 12.3. The summed E-state index contributed by atoms with van der Waals surface area (Å²) in [6.45, 7) is 1.53. The second-order valence-corrected chi connectivity index (χ2v) is 7.43. The van der Waals surface area contributed by atoms with Gasteiger partial charge in [0, 0.05) is 17.4 Å². The summed E-state index contributed by atoms with van der Waals surface area (Å²) in [6.07, 6.45) is -1.46. The van der Waals surface area contributed by atoms with Gasteiger partial charge in [-0.05, 0) is 22.8 Å². The first-order valence-electron chi connectivity index (χ1n) is 8.81. The molecule has 0 aliphatic carbocycles. The molecule has 1 atom stereocenters. The van der Waals surface area contributed by atoms with Gasteiger partial charge in [-0.25, -0.2) is 4.79 Å². The fraction of sp³-hybridized carbons (Fsp3) is 0.130. The van der Waals surface area contributed by atoms with E-state index in [4.69, 9.17) is 4.74 Å². The van der Waals surface area contributed by atoms with E-state index in [2.05, 4.69) is 0 Å². The second-order valence-electron chi connectivity index (χ2n) is 6.21. The van der Waals surface area contributed by atoms with Gasteiger partial charge < -0.3 is 9.84 Å². The third kappa shape index (κ3) is 5.09. The molecule has 5 heteroatoms. The zero-order chi connectivity index (χ0) is 19.9. The third-order valence-corrected chi connectivity index (χ3v) is 4.98. The van der Waals surface area contributed by atoms with Crippen LogP contribution in [0.4, 0.5) is 0 Å². The maximum atomic E-state index is 12.3. The lowest BCUT2D eigenvalue weighted by molar-refractivity contribution is -0.155. The zero-order valence-electron chi connectivity index (χ0n) is 15.4. The molecule has 0 bridgehead atoms. The van der Waals surface area contributed by atoms with Crippen molar-refractivity contribution >= 4 is 22.8 Å². The lowest BCUT2D eigenvalue weighted by atomic mass is 10.0. The summed E-state index contributed by atoms with van der Waals surface area (Å²) >= 11 is 0.987. The summed E-state index contributed by atoms with van der Waals surface area (Å²) in [6, 6.07) is 24.3. The lowest BCUT2D eigenvalue weighted by Gasteiger charge is -2.15. The molecule has 3 aromatic rings. The second kappa shape index (κ2) is 9.35. The summed E-state index contributed by atoms with van der Waals surface area (Å²) in [4.78, 5) is 24.6. The molecule has 0 fully saturated rings. The van der Waals surface area contributed by atoms with Crippen molar-refractivity contribution in [3.8, 4) is 11.1 Å². The van der Waals surface area contributed by atoms with Crippen LogP contribution in [-0.2, 0) is 20.9 Å². The highest BCUT2D eigenvalue weighted by atomic mass is 32.2. The van der Waals surface area contributed by atoms with Crippen LogP contribution < -0.4 is 0 Å². The molecule has 0 heterocycles. The lowest BCUT2D eigenvalue weighted by Crippen LogP contribution is -2.16. The van der Waals surface area contributed by atoms with E-state index in [0.29, 0.717) is 10.5 Å². The molecule has 28 heavy (non-hydrogen) atoms. The minimum Gasteiger partial charge on any atom is -0.459 e. The Hall–Kier alpha value is -2.89. The van der Waals surface area contributed by atoms with Gasteiger partial charge in [-0.3, -0.25) is 4.79 Å². The molecule has 0 aromatic heterocycles. The quantitative estimate of drug-likeness (QED) is 0.484. The summed E-state index contributed by atoms with van der Waals surface area (Å²) in [5, 5.41) is 10.4. The van der Waals surface area contributed by atoms with Crippen LogP contribution in [-0.4, -0.2) is 16.2 Å². The van der Waals surface area contributed by atoms with Crippen LogP contribution in [0.25, 0.3) is 11.1 Å². The van der Waals surface area contributed by atoms with E-state index in [1.807, 2.05) is 72.8 Å². The van der Waals surface area contributed by atoms with Crippen LogP contribution >= 0.6 is 11.8 Å². The Morgan fingerprint density at radius 3 is 2.21 bits per heavy atom. The van der Waals surface area contributed by atoms with Crippen molar-refractivity contribution in [3.05, 3.63) is 90.0 Å². The standard InChI is InChI=1S/C23H20O4S/c1-16(24)28-21-14-19(18-10-6-3-7-11-18)12-13-20(21)22(25)23(26)27-15-17-8-4-2-5-9-17/h2-14,22,25H,15H2,1H3. The predicted molar refractivity (Wildman–Crippen MR) is 110 cm³/mol. The number of benzene rings is 3. The van der Waals surface area contributed by atoms with Gasteiger partial charge in [0.05, 0.1) is 0 Å². The molecule has 0 saturated heterocycles. The van der Waals surface area contributed by atoms with Crippen molar-refractivity contribution in [1.29, 1.82) is 0 Å². The highest BCUT2D eigenvalue weighted by Crippen LogP contribution is 2.33. The molecule has 4 nitrogen and oxygen atoms in total. The van der Waals surface area contributed by atoms with Crippen LogP contribution in [0.5, 0.6) is 0 Å². The monoisotopic (exact) mass is 392 g/mol. The van der Waals surface area contributed by atoms with Gasteiger partial charge in [0.15, 0.2) is 11.2 Å². The molecule has 0 aliphatic heterocycles.